The minimum absolute atomic E-state index is 0.0551. The van der Waals surface area contributed by atoms with Gasteiger partial charge in [-0.1, -0.05) is 30.3 Å². The van der Waals surface area contributed by atoms with Gasteiger partial charge in [0.05, 0.1) is 0 Å². The molecule has 7 heteroatoms. The van der Waals surface area contributed by atoms with Gasteiger partial charge in [-0.3, -0.25) is 4.79 Å². The number of hydrogen-bond acceptors (Lipinski definition) is 6. The van der Waals surface area contributed by atoms with E-state index in [1.807, 2.05) is 42.2 Å². The highest BCUT2D eigenvalue weighted by atomic mass is 16.5. The summed E-state index contributed by atoms with van der Waals surface area (Å²) in [6.07, 6.45) is 3.38. The van der Waals surface area contributed by atoms with Crippen LogP contribution in [-0.2, 0) is 17.6 Å². The Labute approximate surface area is 159 Å². The van der Waals surface area contributed by atoms with Gasteiger partial charge in [0.2, 0.25) is 11.8 Å². The van der Waals surface area contributed by atoms with E-state index in [-0.39, 0.29) is 12.5 Å². The molecule has 0 radical (unpaired) electrons. The van der Waals surface area contributed by atoms with Gasteiger partial charge >= 0.3 is 0 Å². The lowest BCUT2D eigenvalue weighted by Gasteiger charge is -2.27. The number of nitrogens with zero attached hydrogens (tertiary/aromatic N) is 3. The van der Waals surface area contributed by atoms with E-state index < -0.39 is 5.60 Å². The van der Waals surface area contributed by atoms with E-state index in [1.165, 1.54) is 0 Å². The van der Waals surface area contributed by atoms with Gasteiger partial charge in [-0.2, -0.15) is 4.98 Å². The SMILES string of the molecule is CCc1noc(CCC(=O)N2CCCC(O)(COc3ccccc3)CC2)n1. The summed E-state index contributed by atoms with van der Waals surface area (Å²) in [7, 11) is 0. The Morgan fingerprint density at radius 1 is 1.30 bits per heavy atom. The van der Waals surface area contributed by atoms with Crippen molar-refractivity contribution in [3.63, 3.8) is 0 Å². The van der Waals surface area contributed by atoms with Crippen LogP contribution in [0.1, 0.15) is 44.3 Å². The van der Waals surface area contributed by atoms with Crippen molar-refractivity contribution in [3.8, 4) is 5.75 Å². The van der Waals surface area contributed by atoms with Gasteiger partial charge in [-0.05, 0) is 31.4 Å². The van der Waals surface area contributed by atoms with Crippen molar-refractivity contribution in [1.82, 2.24) is 15.0 Å². The van der Waals surface area contributed by atoms with Crippen molar-refractivity contribution in [2.24, 2.45) is 0 Å². The van der Waals surface area contributed by atoms with Gasteiger partial charge < -0.3 is 19.3 Å². The quantitative estimate of drug-likeness (QED) is 0.802. The molecule has 1 unspecified atom stereocenters. The molecule has 1 fully saturated rings. The zero-order valence-corrected chi connectivity index (χ0v) is 15.8. The molecule has 1 saturated heterocycles. The molecule has 2 heterocycles. The van der Waals surface area contributed by atoms with E-state index in [4.69, 9.17) is 9.26 Å². The number of aromatic nitrogens is 2. The average Bonchev–Trinajstić information content (AvgIpc) is 3.07. The fourth-order valence-corrected chi connectivity index (χ4v) is 3.21. The monoisotopic (exact) mass is 373 g/mol. The smallest absolute Gasteiger partial charge is 0.227 e. The zero-order chi connectivity index (χ0) is 19.1. The summed E-state index contributed by atoms with van der Waals surface area (Å²) in [6, 6.07) is 9.47. The predicted octanol–water partition coefficient (Wildman–Crippen LogP) is 2.39. The van der Waals surface area contributed by atoms with Crippen LogP contribution in [0.5, 0.6) is 5.75 Å². The van der Waals surface area contributed by atoms with Crippen molar-refractivity contribution >= 4 is 5.91 Å². The van der Waals surface area contributed by atoms with Crippen LogP contribution in [-0.4, -0.2) is 51.4 Å². The van der Waals surface area contributed by atoms with Gasteiger partial charge in [-0.15, -0.1) is 0 Å². The van der Waals surface area contributed by atoms with E-state index in [0.717, 1.165) is 12.2 Å². The third kappa shape index (κ3) is 5.53. The largest absolute Gasteiger partial charge is 0.491 e. The Bertz CT molecular complexity index is 734. The van der Waals surface area contributed by atoms with Crippen molar-refractivity contribution in [2.75, 3.05) is 19.7 Å². The molecule has 1 aliphatic rings. The number of aryl methyl sites for hydroxylation is 2. The Morgan fingerprint density at radius 3 is 2.85 bits per heavy atom. The molecular formula is C20H27N3O4. The van der Waals surface area contributed by atoms with Crippen molar-refractivity contribution < 1.29 is 19.2 Å². The maximum Gasteiger partial charge on any atom is 0.227 e. The Hall–Kier alpha value is -2.41. The van der Waals surface area contributed by atoms with E-state index in [9.17, 15) is 9.90 Å². The van der Waals surface area contributed by atoms with Crippen LogP contribution >= 0.6 is 0 Å². The highest BCUT2D eigenvalue weighted by Crippen LogP contribution is 2.24. The number of likely N-dealkylation sites (tertiary alicyclic amines) is 1. The highest BCUT2D eigenvalue weighted by molar-refractivity contribution is 5.76. The average molecular weight is 373 g/mol. The fourth-order valence-electron chi connectivity index (χ4n) is 3.21. The van der Waals surface area contributed by atoms with Crippen LogP contribution in [0.2, 0.25) is 0 Å². The molecular weight excluding hydrogens is 346 g/mol. The van der Waals surface area contributed by atoms with Crippen molar-refractivity contribution in [1.29, 1.82) is 0 Å². The summed E-state index contributed by atoms with van der Waals surface area (Å²) in [4.78, 5) is 18.6. The zero-order valence-electron chi connectivity index (χ0n) is 15.8. The molecule has 2 aromatic rings. The molecule has 0 aliphatic carbocycles. The first-order valence-electron chi connectivity index (χ1n) is 9.57. The first kappa shape index (κ1) is 19.4. The molecule has 1 aliphatic heterocycles. The number of carbonyl (C=O) groups excluding carboxylic acids is 1. The molecule has 1 atom stereocenters. The van der Waals surface area contributed by atoms with Crippen LogP contribution < -0.4 is 4.74 Å². The summed E-state index contributed by atoms with van der Waals surface area (Å²) in [5.41, 5.74) is -0.909. The first-order chi connectivity index (χ1) is 13.1. The molecule has 1 amide bonds. The summed E-state index contributed by atoms with van der Waals surface area (Å²) >= 11 is 0. The number of amides is 1. The van der Waals surface area contributed by atoms with Crippen LogP contribution in [0.25, 0.3) is 0 Å². The number of rotatable bonds is 7. The molecule has 7 nitrogen and oxygen atoms in total. The van der Waals surface area contributed by atoms with Gasteiger partial charge in [0, 0.05) is 32.4 Å². The summed E-state index contributed by atoms with van der Waals surface area (Å²) < 4.78 is 10.9. The minimum atomic E-state index is -0.909. The number of aliphatic hydroxyl groups is 1. The number of hydrogen-bond donors (Lipinski definition) is 1. The van der Waals surface area contributed by atoms with Gasteiger partial charge in [0.15, 0.2) is 5.82 Å². The second kappa shape index (κ2) is 8.99. The molecule has 1 N–H and O–H groups in total. The van der Waals surface area contributed by atoms with E-state index in [0.29, 0.717) is 56.9 Å². The third-order valence-electron chi connectivity index (χ3n) is 4.90. The molecule has 146 valence electrons. The Morgan fingerprint density at radius 2 is 2.11 bits per heavy atom. The maximum absolute atomic E-state index is 12.5. The van der Waals surface area contributed by atoms with Gasteiger partial charge in [-0.25, -0.2) is 0 Å². The van der Waals surface area contributed by atoms with Crippen LogP contribution in [0.4, 0.5) is 0 Å². The lowest BCUT2D eigenvalue weighted by atomic mass is 9.96. The van der Waals surface area contributed by atoms with Gasteiger partial charge in [0.1, 0.15) is 18.0 Å². The van der Waals surface area contributed by atoms with Crippen molar-refractivity contribution in [2.45, 2.75) is 51.0 Å². The molecule has 0 saturated carbocycles. The molecule has 0 spiro atoms. The van der Waals surface area contributed by atoms with Gasteiger partial charge in [0.25, 0.3) is 0 Å². The minimum Gasteiger partial charge on any atom is -0.491 e. The number of para-hydroxylation sites is 1. The van der Waals surface area contributed by atoms with Crippen LogP contribution in [0.3, 0.4) is 0 Å². The standard InChI is InChI=1S/C20H27N3O4/c1-2-17-21-18(27-22-17)9-10-19(24)23-13-6-11-20(25,12-14-23)15-26-16-7-4-3-5-8-16/h3-5,7-8,25H,2,6,9-15H2,1H3. The van der Waals surface area contributed by atoms with E-state index in [2.05, 4.69) is 10.1 Å². The number of benzene rings is 1. The Balaban J connectivity index is 1.47. The highest BCUT2D eigenvalue weighted by Gasteiger charge is 2.32. The normalized spacial score (nSPS) is 20.3. The molecule has 1 aromatic carbocycles. The molecule has 1 aromatic heterocycles. The van der Waals surface area contributed by atoms with Crippen LogP contribution in [0, 0.1) is 0 Å². The lowest BCUT2D eigenvalue weighted by molar-refractivity contribution is -0.131. The second-order valence-corrected chi connectivity index (χ2v) is 7.02. The topological polar surface area (TPSA) is 88.7 Å². The molecule has 0 bridgehead atoms. The first-order valence-corrected chi connectivity index (χ1v) is 9.57. The molecule has 3 rings (SSSR count). The van der Waals surface area contributed by atoms with Crippen LogP contribution in [0.15, 0.2) is 34.9 Å². The summed E-state index contributed by atoms with van der Waals surface area (Å²) in [5.74, 6) is 1.96. The second-order valence-electron chi connectivity index (χ2n) is 7.02. The van der Waals surface area contributed by atoms with Crippen molar-refractivity contribution in [3.05, 3.63) is 42.0 Å². The number of carbonyl (C=O) groups is 1. The van der Waals surface area contributed by atoms with E-state index in [1.54, 1.807) is 0 Å². The number of ether oxygens (including phenoxy) is 1. The predicted molar refractivity (Wildman–Crippen MR) is 99.3 cm³/mol. The third-order valence-corrected chi connectivity index (χ3v) is 4.90. The van der Waals surface area contributed by atoms with E-state index >= 15 is 0 Å². The Kier molecular flexibility index (Phi) is 6.45. The summed E-state index contributed by atoms with van der Waals surface area (Å²) in [6.45, 7) is 3.37. The maximum atomic E-state index is 12.5. The molecule has 27 heavy (non-hydrogen) atoms. The summed E-state index contributed by atoms with van der Waals surface area (Å²) in [5, 5.41) is 14.7. The lowest BCUT2D eigenvalue weighted by Crippen LogP contribution is -2.38. The fraction of sp³-hybridized carbons (Fsp3) is 0.550.